The molecule has 0 bridgehead atoms. The van der Waals surface area contributed by atoms with Gasteiger partial charge >= 0.3 is 0 Å². The van der Waals surface area contributed by atoms with Crippen molar-refractivity contribution in [2.24, 2.45) is 0 Å². The van der Waals surface area contributed by atoms with E-state index in [-0.39, 0.29) is 24.8 Å². The molecule has 0 aliphatic carbocycles. The average molecular weight is 315 g/mol. The molecule has 0 aromatic carbocycles. The molecule has 0 aliphatic rings. The van der Waals surface area contributed by atoms with Crippen molar-refractivity contribution in [2.45, 2.75) is 33.2 Å². The molecule has 2 aromatic rings. The van der Waals surface area contributed by atoms with Crippen LogP contribution in [0.4, 0.5) is 5.82 Å². The van der Waals surface area contributed by atoms with Crippen LogP contribution in [0.1, 0.15) is 30.3 Å². The van der Waals surface area contributed by atoms with E-state index in [9.17, 15) is 0 Å². The molecule has 110 valence electrons. The molecule has 20 heavy (non-hydrogen) atoms. The maximum atomic E-state index is 5.96. The molecule has 0 saturated heterocycles. The Bertz CT molecular complexity index is 529. The largest absolute Gasteiger partial charge is 1.00 e. The molecule has 4 nitrogen and oxygen atoms in total. The van der Waals surface area contributed by atoms with Gasteiger partial charge in [-0.1, -0.05) is 6.92 Å². The van der Waals surface area contributed by atoms with Crippen molar-refractivity contribution in [3.05, 3.63) is 47.7 Å². The van der Waals surface area contributed by atoms with E-state index in [1.165, 1.54) is 5.56 Å². The van der Waals surface area contributed by atoms with Crippen LogP contribution in [0.15, 0.2) is 30.7 Å². The van der Waals surface area contributed by atoms with Crippen LogP contribution in [-0.4, -0.2) is 9.97 Å². The zero-order chi connectivity index (χ0) is 13.0. The number of aryl methyl sites for hydroxylation is 2. The van der Waals surface area contributed by atoms with Gasteiger partial charge in [0.05, 0.1) is 5.56 Å². The van der Waals surface area contributed by atoms with Gasteiger partial charge in [-0.3, -0.25) is 0 Å². The van der Waals surface area contributed by atoms with Crippen LogP contribution < -0.4 is 22.7 Å². The van der Waals surface area contributed by atoms with E-state index in [1.54, 1.807) is 0 Å². The number of nitrogens with zero attached hydrogens (tertiary/aromatic N) is 3. The average Bonchev–Trinajstić information content (AvgIpc) is 2.36. The van der Waals surface area contributed by atoms with Crippen LogP contribution in [0.3, 0.4) is 0 Å². The van der Waals surface area contributed by atoms with Gasteiger partial charge in [0.1, 0.15) is 11.6 Å². The summed E-state index contributed by atoms with van der Waals surface area (Å²) < 4.78 is 2.07. The third-order valence-corrected chi connectivity index (χ3v) is 2.83. The maximum Gasteiger partial charge on any atom is 0.178 e. The third kappa shape index (κ3) is 4.94. The Morgan fingerprint density at radius 2 is 1.90 bits per heavy atom. The minimum atomic E-state index is 0. The fourth-order valence-electron chi connectivity index (χ4n) is 1.76. The van der Waals surface area contributed by atoms with Gasteiger partial charge in [-0.05, 0) is 18.9 Å². The van der Waals surface area contributed by atoms with E-state index < -0.39 is 0 Å². The van der Waals surface area contributed by atoms with Gasteiger partial charge < -0.3 is 18.1 Å². The summed E-state index contributed by atoms with van der Waals surface area (Å²) >= 11 is 0. The number of anilines is 1. The van der Waals surface area contributed by atoms with E-state index in [2.05, 4.69) is 40.5 Å². The molecular formula is C14H20Cl2N4. The smallest absolute Gasteiger partial charge is 0.178 e. The third-order valence-electron chi connectivity index (χ3n) is 2.83. The molecule has 0 radical (unpaired) electrons. The lowest BCUT2D eigenvalue weighted by molar-refractivity contribution is -0.688. The molecule has 2 N–H and O–H groups in total. The highest BCUT2D eigenvalue weighted by molar-refractivity contribution is 5.85. The number of nitrogens with two attached hydrogens (primary N) is 1. The number of nitrogen functional groups attached to an aromatic ring is 1. The first-order chi connectivity index (χ1) is 8.69. The van der Waals surface area contributed by atoms with Crippen molar-refractivity contribution in [1.29, 1.82) is 0 Å². The zero-order valence-corrected chi connectivity index (χ0v) is 13.3. The second-order valence-corrected chi connectivity index (χ2v) is 4.49. The molecule has 0 fully saturated rings. The summed E-state index contributed by atoms with van der Waals surface area (Å²) in [6.07, 6.45) is 7.82. The number of hydrogen-bond acceptors (Lipinski definition) is 3. The summed E-state index contributed by atoms with van der Waals surface area (Å²) in [7, 11) is 0. The molecule has 2 rings (SSSR count). The summed E-state index contributed by atoms with van der Waals surface area (Å²) in [5.74, 6) is 1.41. The molecule has 0 unspecified atom stereocenters. The van der Waals surface area contributed by atoms with Crippen molar-refractivity contribution in [2.75, 3.05) is 5.73 Å². The Labute approximate surface area is 132 Å². The summed E-state index contributed by atoms with van der Waals surface area (Å²) in [5.41, 5.74) is 8.17. The number of halogens is 2. The molecule has 0 amide bonds. The lowest BCUT2D eigenvalue weighted by Crippen LogP contribution is -3.00. The summed E-state index contributed by atoms with van der Waals surface area (Å²) in [6, 6.07) is 4.14. The Morgan fingerprint density at radius 1 is 1.25 bits per heavy atom. The summed E-state index contributed by atoms with van der Waals surface area (Å²) in [5, 5.41) is 0. The van der Waals surface area contributed by atoms with Crippen LogP contribution >= 0.6 is 12.4 Å². The van der Waals surface area contributed by atoms with E-state index in [4.69, 9.17) is 5.73 Å². The topological polar surface area (TPSA) is 55.7 Å². The Balaban J connectivity index is 0.00000180. The second kappa shape index (κ2) is 8.72. The van der Waals surface area contributed by atoms with Crippen molar-refractivity contribution in [3.8, 4) is 0 Å². The minimum Gasteiger partial charge on any atom is -1.00 e. The van der Waals surface area contributed by atoms with Gasteiger partial charge in [0.2, 0.25) is 0 Å². The lowest BCUT2D eigenvalue weighted by atomic mass is 10.2. The normalized spacial score (nSPS) is 9.50. The zero-order valence-electron chi connectivity index (χ0n) is 11.7. The fourth-order valence-corrected chi connectivity index (χ4v) is 1.76. The molecular weight excluding hydrogens is 295 g/mol. The van der Waals surface area contributed by atoms with Gasteiger partial charge in [0.25, 0.3) is 0 Å². The van der Waals surface area contributed by atoms with Crippen LogP contribution in [0.2, 0.25) is 0 Å². The van der Waals surface area contributed by atoms with Crippen LogP contribution in [0.5, 0.6) is 0 Å². The number of aromatic nitrogens is 3. The Morgan fingerprint density at radius 3 is 2.45 bits per heavy atom. The van der Waals surface area contributed by atoms with Crippen LogP contribution in [0.25, 0.3) is 0 Å². The predicted molar refractivity (Wildman–Crippen MR) is 78.2 cm³/mol. The van der Waals surface area contributed by atoms with Crippen molar-refractivity contribution in [3.63, 3.8) is 0 Å². The highest BCUT2D eigenvalue weighted by Crippen LogP contribution is 2.08. The minimum absolute atomic E-state index is 0. The predicted octanol–water partition coefficient (Wildman–Crippen LogP) is -0.919. The Kier molecular flexibility index (Phi) is 8.11. The van der Waals surface area contributed by atoms with Crippen molar-refractivity contribution >= 4 is 18.2 Å². The molecule has 0 atom stereocenters. The molecule has 6 heteroatoms. The monoisotopic (exact) mass is 314 g/mol. The van der Waals surface area contributed by atoms with E-state index in [1.807, 2.05) is 18.6 Å². The van der Waals surface area contributed by atoms with Gasteiger partial charge in [-0.15, -0.1) is 12.4 Å². The lowest BCUT2D eigenvalue weighted by Gasteiger charge is -2.04. The van der Waals surface area contributed by atoms with Crippen molar-refractivity contribution in [1.82, 2.24) is 9.97 Å². The van der Waals surface area contributed by atoms with Crippen LogP contribution in [-0.2, 0) is 13.0 Å². The number of hydrogen-bond donors (Lipinski definition) is 1. The quantitative estimate of drug-likeness (QED) is 0.743. The second-order valence-electron chi connectivity index (χ2n) is 4.49. The SMILES string of the molecule is CCCc1ncc(C[n+]2ccc(C)cc2)c(N)n1.Cl.[Cl-]. The van der Waals surface area contributed by atoms with Gasteiger partial charge in [0.15, 0.2) is 18.9 Å². The first kappa shape index (κ1) is 18.6. The fraction of sp³-hybridized carbons (Fsp3) is 0.357. The molecule has 2 aromatic heterocycles. The van der Waals surface area contributed by atoms with Gasteiger partial charge in [0, 0.05) is 24.8 Å². The van der Waals surface area contributed by atoms with Gasteiger partial charge in [-0.2, -0.15) is 0 Å². The molecule has 0 spiro atoms. The highest BCUT2D eigenvalue weighted by Gasteiger charge is 2.08. The summed E-state index contributed by atoms with van der Waals surface area (Å²) in [6.45, 7) is 4.88. The first-order valence-corrected chi connectivity index (χ1v) is 6.25. The maximum absolute atomic E-state index is 5.96. The number of pyridine rings is 1. The van der Waals surface area contributed by atoms with Gasteiger partial charge in [-0.25, -0.2) is 14.5 Å². The van der Waals surface area contributed by atoms with Crippen molar-refractivity contribution < 1.29 is 17.0 Å². The molecule has 0 saturated carbocycles. The van der Waals surface area contributed by atoms with E-state index in [0.717, 1.165) is 24.2 Å². The molecule has 0 aliphatic heterocycles. The summed E-state index contributed by atoms with van der Waals surface area (Å²) in [4.78, 5) is 8.67. The standard InChI is InChI=1S/C14H19N4.2ClH/c1-3-4-13-16-9-12(14(15)17-13)10-18-7-5-11(2)6-8-18;;/h5-9H,3-4,10H2,1-2H3,(H2,15,16,17);2*1H/q+1;;/p-1. The number of rotatable bonds is 4. The first-order valence-electron chi connectivity index (χ1n) is 6.25. The highest BCUT2D eigenvalue weighted by atomic mass is 35.5. The van der Waals surface area contributed by atoms with E-state index >= 15 is 0 Å². The Hall–Kier alpha value is -1.39. The molecule has 2 heterocycles. The van der Waals surface area contributed by atoms with E-state index in [0.29, 0.717) is 12.4 Å². The van der Waals surface area contributed by atoms with Crippen LogP contribution in [0, 0.1) is 6.92 Å².